The summed E-state index contributed by atoms with van der Waals surface area (Å²) in [5.41, 5.74) is 7.16. The molecule has 2 aromatic carbocycles. The van der Waals surface area contributed by atoms with Gasteiger partial charge in [0.15, 0.2) is 11.5 Å². The number of pyridine rings is 2. The number of carbonyl (C=O) groups is 1. The van der Waals surface area contributed by atoms with Crippen LogP contribution in [0.3, 0.4) is 0 Å². The van der Waals surface area contributed by atoms with E-state index in [1.165, 1.54) is 0 Å². The molecule has 0 spiro atoms. The van der Waals surface area contributed by atoms with Crippen molar-refractivity contribution in [2.75, 3.05) is 36.9 Å². The minimum absolute atomic E-state index is 0.0451. The number of hydrogen-bond acceptors (Lipinski definition) is 9. The number of nitrogens with one attached hydrogen (secondary N) is 3. The van der Waals surface area contributed by atoms with Gasteiger partial charge in [0, 0.05) is 67.8 Å². The average Bonchev–Trinajstić information content (AvgIpc) is 3.72. The van der Waals surface area contributed by atoms with Gasteiger partial charge in [0.2, 0.25) is 0 Å². The molecule has 1 amide bonds. The SMILES string of the molecule is Cc1c(Nc2nccc3cc(CN4CC[C@@H](O)C4)cnc23)cccc1-c1cccc(NC(=O)c2cc3n(n2)CCCC3NCCO)c1Cl. The van der Waals surface area contributed by atoms with Crippen molar-refractivity contribution in [3.63, 3.8) is 0 Å². The number of likely N-dealkylation sites (tertiary alicyclic amines) is 1. The summed E-state index contributed by atoms with van der Waals surface area (Å²) in [6.45, 7) is 5.63. The number of fused-ring (bicyclic) bond motifs is 2. The lowest BCUT2D eigenvalue weighted by atomic mass is 9.98. The van der Waals surface area contributed by atoms with Gasteiger partial charge in [0.1, 0.15) is 5.52 Å². The first-order valence-electron chi connectivity index (χ1n) is 16.4. The van der Waals surface area contributed by atoms with E-state index in [0.717, 1.165) is 83.4 Å². The van der Waals surface area contributed by atoms with Gasteiger partial charge >= 0.3 is 0 Å². The van der Waals surface area contributed by atoms with Crippen molar-refractivity contribution in [1.29, 1.82) is 0 Å². The summed E-state index contributed by atoms with van der Waals surface area (Å²) in [4.78, 5) is 25.0. The number of hydrogen-bond donors (Lipinski definition) is 5. The smallest absolute Gasteiger partial charge is 0.276 e. The lowest BCUT2D eigenvalue weighted by Gasteiger charge is -2.24. The zero-order valence-electron chi connectivity index (χ0n) is 26.8. The molecule has 48 heavy (non-hydrogen) atoms. The Hall–Kier alpha value is -4.39. The molecule has 2 aliphatic rings. The van der Waals surface area contributed by atoms with E-state index >= 15 is 0 Å². The minimum Gasteiger partial charge on any atom is -0.395 e. The van der Waals surface area contributed by atoms with E-state index in [1.807, 2.05) is 60.3 Å². The standard InChI is InChI=1S/C36H39ClN8O3/c1-22-26(5-2-7-28(22)41-35-34-24(10-12-39-35)17-23(19-40-34)20-44-15-11-25(47)21-44)27-6-3-8-30(33(27)37)42-36(48)31-18-32-29(38-13-16-46)9-4-14-45(32)43-31/h2-3,5-8,10,12,17-19,25,29,38,46-47H,4,9,11,13-16,20-21H2,1H3,(H,39,41)(H,42,48)/t25-,29?/m1/s1. The van der Waals surface area contributed by atoms with Crippen molar-refractivity contribution in [3.05, 3.63) is 94.5 Å². The van der Waals surface area contributed by atoms with Crippen LogP contribution in [0.4, 0.5) is 17.2 Å². The van der Waals surface area contributed by atoms with Gasteiger partial charge in [-0.25, -0.2) is 4.98 Å². The molecule has 1 unspecified atom stereocenters. The van der Waals surface area contributed by atoms with Gasteiger partial charge in [-0.1, -0.05) is 35.9 Å². The Morgan fingerprint density at radius 1 is 1.04 bits per heavy atom. The van der Waals surface area contributed by atoms with Crippen molar-refractivity contribution in [2.24, 2.45) is 0 Å². The highest BCUT2D eigenvalue weighted by molar-refractivity contribution is 6.36. The second-order valence-corrected chi connectivity index (χ2v) is 12.9. The highest BCUT2D eigenvalue weighted by atomic mass is 35.5. The van der Waals surface area contributed by atoms with Crippen molar-refractivity contribution in [2.45, 2.75) is 51.4 Å². The van der Waals surface area contributed by atoms with Crippen LogP contribution in [-0.4, -0.2) is 73.1 Å². The molecular weight excluding hydrogens is 628 g/mol. The van der Waals surface area contributed by atoms with E-state index in [4.69, 9.17) is 16.6 Å². The largest absolute Gasteiger partial charge is 0.395 e. The fourth-order valence-corrected chi connectivity index (χ4v) is 7.03. The quantitative estimate of drug-likeness (QED) is 0.132. The van der Waals surface area contributed by atoms with Crippen LogP contribution < -0.4 is 16.0 Å². The molecular formula is C36H39ClN8O3. The molecule has 5 N–H and O–H groups in total. The summed E-state index contributed by atoms with van der Waals surface area (Å²) in [6, 6.07) is 17.5. The summed E-state index contributed by atoms with van der Waals surface area (Å²) in [5.74, 6) is 0.319. The Bertz CT molecular complexity index is 1960. The number of aryl methyl sites for hydroxylation is 1. The number of nitrogens with zero attached hydrogens (tertiary/aromatic N) is 5. The van der Waals surface area contributed by atoms with Crippen LogP contribution in [0.15, 0.2) is 67.0 Å². The first-order valence-corrected chi connectivity index (χ1v) is 16.8. The molecule has 5 aromatic rings. The van der Waals surface area contributed by atoms with Crippen molar-refractivity contribution in [1.82, 2.24) is 30.0 Å². The van der Waals surface area contributed by atoms with Gasteiger partial charge in [-0.3, -0.25) is 19.4 Å². The van der Waals surface area contributed by atoms with E-state index in [0.29, 0.717) is 35.3 Å². The van der Waals surface area contributed by atoms with E-state index in [2.05, 4.69) is 37.0 Å². The van der Waals surface area contributed by atoms with Crippen LogP contribution in [0.1, 0.15) is 52.6 Å². The molecule has 2 aliphatic heterocycles. The van der Waals surface area contributed by atoms with Crippen LogP contribution in [-0.2, 0) is 13.1 Å². The zero-order chi connectivity index (χ0) is 33.2. The number of carbonyl (C=O) groups excluding carboxylic acids is 1. The first-order chi connectivity index (χ1) is 23.4. The van der Waals surface area contributed by atoms with Crippen LogP contribution >= 0.6 is 11.6 Å². The molecule has 2 atom stereocenters. The van der Waals surface area contributed by atoms with Gasteiger partial charge in [-0.2, -0.15) is 5.10 Å². The summed E-state index contributed by atoms with van der Waals surface area (Å²) in [5, 5.41) is 34.9. The Labute approximate surface area is 284 Å². The Kier molecular flexibility index (Phi) is 9.38. The molecule has 0 saturated carbocycles. The molecule has 7 rings (SSSR count). The number of benzene rings is 2. The van der Waals surface area contributed by atoms with Crippen LogP contribution in [0.25, 0.3) is 22.0 Å². The molecule has 1 fully saturated rings. The molecule has 1 saturated heterocycles. The second-order valence-electron chi connectivity index (χ2n) is 12.5. The molecule has 0 aliphatic carbocycles. The van der Waals surface area contributed by atoms with Gasteiger partial charge < -0.3 is 26.2 Å². The highest BCUT2D eigenvalue weighted by Crippen LogP contribution is 2.38. The molecule has 3 aromatic heterocycles. The molecule has 0 radical (unpaired) electrons. The third kappa shape index (κ3) is 6.65. The van der Waals surface area contributed by atoms with Crippen molar-refractivity contribution in [3.8, 4) is 11.1 Å². The molecule has 12 heteroatoms. The second kappa shape index (κ2) is 14.0. The predicted molar refractivity (Wildman–Crippen MR) is 188 cm³/mol. The van der Waals surface area contributed by atoms with Gasteiger partial charge in [-0.05, 0) is 73.2 Å². The van der Waals surface area contributed by atoms with Gasteiger partial charge in [-0.15, -0.1) is 0 Å². The fourth-order valence-electron chi connectivity index (χ4n) is 6.75. The number of halogens is 1. The van der Waals surface area contributed by atoms with Gasteiger partial charge in [0.05, 0.1) is 29.1 Å². The van der Waals surface area contributed by atoms with E-state index in [-0.39, 0.29) is 24.7 Å². The fraction of sp³-hybridized carbons (Fsp3) is 0.333. The highest BCUT2D eigenvalue weighted by Gasteiger charge is 2.25. The van der Waals surface area contributed by atoms with Crippen molar-refractivity contribution < 1.29 is 15.0 Å². The Balaban J connectivity index is 1.10. The molecule has 248 valence electrons. The maximum absolute atomic E-state index is 13.4. The lowest BCUT2D eigenvalue weighted by Crippen LogP contribution is -2.29. The summed E-state index contributed by atoms with van der Waals surface area (Å²) >= 11 is 6.97. The zero-order valence-corrected chi connectivity index (χ0v) is 27.5. The number of amides is 1. The van der Waals surface area contributed by atoms with E-state index in [1.54, 1.807) is 12.3 Å². The third-order valence-corrected chi connectivity index (χ3v) is 9.61. The number of aromatic nitrogens is 4. The predicted octanol–water partition coefficient (Wildman–Crippen LogP) is 5.43. The number of β-amino-alcohol motifs (C(OH)–C–C–N with tert-alkyl or cyclic N) is 1. The Morgan fingerprint density at radius 2 is 1.88 bits per heavy atom. The number of rotatable bonds is 10. The molecule has 11 nitrogen and oxygen atoms in total. The van der Waals surface area contributed by atoms with Crippen LogP contribution in [0.2, 0.25) is 5.02 Å². The summed E-state index contributed by atoms with van der Waals surface area (Å²) in [6.07, 6.45) is 6.08. The Morgan fingerprint density at radius 3 is 2.69 bits per heavy atom. The monoisotopic (exact) mass is 666 g/mol. The van der Waals surface area contributed by atoms with Gasteiger partial charge in [0.25, 0.3) is 5.91 Å². The lowest BCUT2D eigenvalue weighted by molar-refractivity contribution is 0.102. The maximum atomic E-state index is 13.4. The number of aliphatic hydroxyl groups excluding tert-OH is 2. The van der Waals surface area contributed by atoms with Crippen molar-refractivity contribution >= 4 is 45.6 Å². The number of anilines is 3. The van der Waals surface area contributed by atoms with E-state index in [9.17, 15) is 15.0 Å². The maximum Gasteiger partial charge on any atom is 0.276 e. The van der Waals surface area contributed by atoms with E-state index < -0.39 is 0 Å². The molecule has 0 bridgehead atoms. The summed E-state index contributed by atoms with van der Waals surface area (Å²) in [7, 11) is 0. The number of aliphatic hydroxyl groups is 2. The average molecular weight is 667 g/mol. The van der Waals surface area contributed by atoms with Crippen LogP contribution in [0, 0.1) is 6.92 Å². The minimum atomic E-state index is -0.334. The molecule has 5 heterocycles. The first kappa shape index (κ1) is 32.2. The van der Waals surface area contributed by atoms with Crippen LogP contribution in [0.5, 0.6) is 0 Å². The third-order valence-electron chi connectivity index (χ3n) is 9.20. The topological polar surface area (TPSA) is 140 Å². The summed E-state index contributed by atoms with van der Waals surface area (Å²) < 4.78 is 1.87. The normalized spacial score (nSPS) is 17.8.